The number of sulfonamides is 1. The van der Waals surface area contributed by atoms with Crippen LogP contribution < -0.4 is 10.0 Å². The smallest absolute Gasteiger partial charge is 0.251 e. The first-order chi connectivity index (χ1) is 12.0. The number of amides is 1. The summed E-state index contributed by atoms with van der Waals surface area (Å²) in [5.74, 6) is -0.340. The number of hydrogen-bond donors (Lipinski definition) is 2. The number of hydrogen-bond acceptors (Lipinski definition) is 5. The summed E-state index contributed by atoms with van der Waals surface area (Å²) in [5, 5.41) is 3.58. The molecule has 2 aromatic carbocycles. The van der Waals surface area contributed by atoms with E-state index in [9.17, 15) is 13.2 Å². The molecule has 1 aromatic heterocycles. The highest BCUT2D eigenvalue weighted by atomic mass is 32.2. The zero-order valence-corrected chi connectivity index (χ0v) is 15.2. The van der Waals surface area contributed by atoms with Gasteiger partial charge in [0.1, 0.15) is 5.01 Å². The molecule has 0 spiro atoms. The molecule has 0 atom stereocenters. The van der Waals surface area contributed by atoms with Gasteiger partial charge in [-0.25, -0.2) is 18.1 Å². The first kappa shape index (κ1) is 17.5. The van der Waals surface area contributed by atoms with Gasteiger partial charge in [-0.15, -0.1) is 11.3 Å². The van der Waals surface area contributed by atoms with E-state index in [1.807, 2.05) is 24.3 Å². The van der Waals surface area contributed by atoms with E-state index in [1.165, 1.54) is 23.5 Å². The standard InChI is InChI=1S/C17H17N3O3S2/c1-2-19-25(22,23)13-7-5-6-12(10-13)17(21)18-11-16-20-14-8-3-4-9-15(14)24-16/h3-10,19H,2,11H2,1H3,(H,18,21). The third kappa shape index (κ3) is 4.04. The second-order valence-electron chi connectivity index (χ2n) is 5.29. The van der Waals surface area contributed by atoms with Gasteiger partial charge in [0.05, 0.1) is 21.7 Å². The summed E-state index contributed by atoms with van der Waals surface area (Å²) in [5.41, 5.74) is 1.19. The Balaban J connectivity index is 1.73. The van der Waals surface area contributed by atoms with Crippen LogP contribution in [0.4, 0.5) is 0 Å². The fourth-order valence-corrected chi connectivity index (χ4v) is 4.32. The van der Waals surface area contributed by atoms with Gasteiger partial charge in [0.25, 0.3) is 5.91 Å². The summed E-state index contributed by atoms with van der Waals surface area (Å²) in [7, 11) is -3.59. The molecule has 0 bridgehead atoms. The van der Waals surface area contributed by atoms with E-state index in [-0.39, 0.29) is 17.3 Å². The van der Waals surface area contributed by atoms with Crippen molar-refractivity contribution in [2.45, 2.75) is 18.4 Å². The quantitative estimate of drug-likeness (QED) is 0.693. The molecule has 25 heavy (non-hydrogen) atoms. The van der Waals surface area contributed by atoms with Crippen molar-refractivity contribution in [2.75, 3.05) is 6.54 Å². The lowest BCUT2D eigenvalue weighted by atomic mass is 10.2. The normalized spacial score (nSPS) is 11.6. The summed E-state index contributed by atoms with van der Waals surface area (Å²) in [6.07, 6.45) is 0. The van der Waals surface area contributed by atoms with Crippen molar-refractivity contribution in [3.8, 4) is 0 Å². The van der Waals surface area contributed by atoms with Crippen molar-refractivity contribution in [3.63, 3.8) is 0 Å². The molecule has 0 unspecified atom stereocenters. The van der Waals surface area contributed by atoms with E-state index in [2.05, 4.69) is 15.0 Å². The van der Waals surface area contributed by atoms with Crippen LogP contribution in [-0.2, 0) is 16.6 Å². The Labute approximate surface area is 150 Å². The number of nitrogens with one attached hydrogen (secondary N) is 2. The lowest BCUT2D eigenvalue weighted by molar-refractivity contribution is 0.0950. The van der Waals surface area contributed by atoms with E-state index in [4.69, 9.17) is 0 Å². The number of rotatable bonds is 6. The van der Waals surface area contributed by atoms with Crippen molar-refractivity contribution in [2.24, 2.45) is 0 Å². The molecule has 130 valence electrons. The Morgan fingerprint density at radius 1 is 1.16 bits per heavy atom. The molecular formula is C17H17N3O3S2. The molecule has 0 saturated heterocycles. The van der Waals surface area contributed by atoms with Gasteiger partial charge in [-0.05, 0) is 30.3 Å². The van der Waals surface area contributed by atoms with E-state index in [0.29, 0.717) is 12.1 Å². The van der Waals surface area contributed by atoms with E-state index < -0.39 is 10.0 Å². The minimum Gasteiger partial charge on any atom is -0.346 e. The third-order valence-corrected chi connectivity index (χ3v) is 6.06. The van der Waals surface area contributed by atoms with Crippen LogP contribution in [-0.4, -0.2) is 25.9 Å². The summed E-state index contributed by atoms with van der Waals surface area (Å²) in [6, 6.07) is 13.7. The lowest BCUT2D eigenvalue weighted by Crippen LogP contribution is -2.25. The highest BCUT2D eigenvalue weighted by Crippen LogP contribution is 2.21. The Hall–Kier alpha value is -2.29. The molecule has 0 radical (unpaired) electrons. The van der Waals surface area contributed by atoms with Crippen molar-refractivity contribution >= 4 is 37.5 Å². The van der Waals surface area contributed by atoms with Crippen molar-refractivity contribution in [1.82, 2.24) is 15.0 Å². The lowest BCUT2D eigenvalue weighted by Gasteiger charge is -2.07. The summed E-state index contributed by atoms with van der Waals surface area (Å²) >= 11 is 1.52. The average molecular weight is 375 g/mol. The molecule has 1 heterocycles. The Bertz CT molecular complexity index is 980. The van der Waals surface area contributed by atoms with Gasteiger partial charge in [-0.3, -0.25) is 4.79 Å². The van der Waals surface area contributed by atoms with Crippen LogP contribution in [0.25, 0.3) is 10.2 Å². The van der Waals surface area contributed by atoms with Gasteiger partial charge in [0.15, 0.2) is 0 Å². The van der Waals surface area contributed by atoms with Gasteiger partial charge in [-0.2, -0.15) is 0 Å². The molecule has 0 fully saturated rings. The summed E-state index contributed by atoms with van der Waals surface area (Å²) in [6.45, 7) is 2.28. The van der Waals surface area contributed by atoms with Crippen LogP contribution in [0.15, 0.2) is 53.4 Å². The number of para-hydroxylation sites is 1. The number of benzene rings is 2. The van der Waals surface area contributed by atoms with Gasteiger partial charge < -0.3 is 5.32 Å². The number of thiazole rings is 1. The SMILES string of the molecule is CCNS(=O)(=O)c1cccc(C(=O)NCc2nc3ccccc3s2)c1. The molecule has 3 aromatic rings. The molecule has 2 N–H and O–H groups in total. The van der Waals surface area contributed by atoms with Crippen molar-refractivity contribution in [3.05, 3.63) is 59.1 Å². The fraction of sp³-hybridized carbons (Fsp3) is 0.176. The Morgan fingerprint density at radius 3 is 2.72 bits per heavy atom. The molecule has 0 aliphatic rings. The predicted molar refractivity (Wildman–Crippen MR) is 98.1 cm³/mol. The van der Waals surface area contributed by atoms with E-state index in [0.717, 1.165) is 15.2 Å². The minimum absolute atomic E-state index is 0.0713. The van der Waals surface area contributed by atoms with Crippen LogP contribution in [0.2, 0.25) is 0 Å². The van der Waals surface area contributed by atoms with Gasteiger partial charge in [0, 0.05) is 12.1 Å². The molecule has 8 heteroatoms. The average Bonchev–Trinajstić information content (AvgIpc) is 3.02. The Kier molecular flexibility index (Phi) is 5.12. The largest absolute Gasteiger partial charge is 0.346 e. The maximum absolute atomic E-state index is 12.3. The molecular weight excluding hydrogens is 358 g/mol. The topological polar surface area (TPSA) is 88.2 Å². The summed E-state index contributed by atoms with van der Waals surface area (Å²) < 4.78 is 27.5. The van der Waals surface area contributed by atoms with Crippen LogP contribution in [0.5, 0.6) is 0 Å². The highest BCUT2D eigenvalue weighted by molar-refractivity contribution is 7.89. The molecule has 0 aliphatic heterocycles. The highest BCUT2D eigenvalue weighted by Gasteiger charge is 2.15. The number of aromatic nitrogens is 1. The number of carbonyl (C=O) groups is 1. The molecule has 6 nitrogen and oxygen atoms in total. The summed E-state index contributed by atoms with van der Waals surface area (Å²) in [4.78, 5) is 16.8. The van der Waals surface area contributed by atoms with E-state index in [1.54, 1.807) is 19.1 Å². The van der Waals surface area contributed by atoms with Gasteiger partial charge >= 0.3 is 0 Å². The second kappa shape index (κ2) is 7.30. The second-order valence-corrected chi connectivity index (χ2v) is 8.17. The number of fused-ring (bicyclic) bond motifs is 1. The van der Waals surface area contributed by atoms with Crippen molar-refractivity contribution in [1.29, 1.82) is 0 Å². The maximum Gasteiger partial charge on any atom is 0.251 e. The van der Waals surface area contributed by atoms with Gasteiger partial charge in [-0.1, -0.05) is 25.1 Å². The van der Waals surface area contributed by atoms with Crippen LogP contribution in [0.3, 0.4) is 0 Å². The van der Waals surface area contributed by atoms with Crippen LogP contribution in [0.1, 0.15) is 22.3 Å². The molecule has 1 amide bonds. The zero-order chi connectivity index (χ0) is 17.9. The minimum atomic E-state index is -3.59. The first-order valence-corrected chi connectivity index (χ1v) is 10.0. The van der Waals surface area contributed by atoms with E-state index >= 15 is 0 Å². The number of nitrogens with zero attached hydrogens (tertiary/aromatic N) is 1. The van der Waals surface area contributed by atoms with Crippen LogP contribution >= 0.6 is 11.3 Å². The third-order valence-electron chi connectivity index (χ3n) is 3.48. The monoisotopic (exact) mass is 375 g/mol. The van der Waals surface area contributed by atoms with Crippen molar-refractivity contribution < 1.29 is 13.2 Å². The fourth-order valence-electron chi connectivity index (χ4n) is 2.33. The number of carbonyl (C=O) groups excluding carboxylic acids is 1. The maximum atomic E-state index is 12.3. The molecule has 0 saturated carbocycles. The van der Waals surface area contributed by atoms with Crippen LogP contribution in [0, 0.1) is 0 Å². The molecule has 0 aliphatic carbocycles. The predicted octanol–water partition coefficient (Wildman–Crippen LogP) is 2.52. The molecule has 3 rings (SSSR count). The zero-order valence-electron chi connectivity index (χ0n) is 13.5. The Morgan fingerprint density at radius 2 is 1.96 bits per heavy atom. The first-order valence-electron chi connectivity index (χ1n) is 7.72. The van der Waals surface area contributed by atoms with Gasteiger partial charge in [0.2, 0.25) is 10.0 Å².